The van der Waals surface area contributed by atoms with Gasteiger partial charge in [-0.1, -0.05) is 18.2 Å². The molecule has 0 bridgehead atoms. The van der Waals surface area contributed by atoms with Crippen LogP contribution < -0.4 is 19.7 Å². The number of fused-ring (bicyclic) bond motifs is 1. The predicted molar refractivity (Wildman–Crippen MR) is 110 cm³/mol. The van der Waals surface area contributed by atoms with Crippen LogP contribution in [0.4, 0.5) is 5.69 Å². The maximum absolute atomic E-state index is 12.8. The molecule has 152 valence electrons. The molecule has 1 fully saturated rings. The van der Waals surface area contributed by atoms with Gasteiger partial charge in [-0.3, -0.25) is 9.59 Å². The summed E-state index contributed by atoms with van der Waals surface area (Å²) < 4.78 is 11.2. The molecule has 0 saturated carbocycles. The zero-order valence-electron chi connectivity index (χ0n) is 17.0. The summed E-state index contributed by atoms with van der Waals surface area (Å²) in [7, 11) is 0. The highest BCUT2D eigenvalue weighted by atomic mass is 16.6. The van der Waals surface area contributed by atoms with Gasteiger partial charge in [0.15, 0.2) is 11.5 Å². The van der Waals surface area contributed by atoms with Crippen LogP contribution in [0.25, 0.3) is 0 Å². The number of carbonyl (C=O) groups excluding carboxylic acids is 2. The lowest BCUT2D eigenvalue weighted by Crippen LogP contribution is -2.34. The van der Waals surface area contributed by atoms with Crippen molar-refractivity contribution in [2.75, 3.05) is 24.7 Å². The van der Waals surface area contributed by atoms with Crippen LogP contribution in [0.2, 0.25) is 0 Å². The Morgan fingerprint density at radius 1 is 1.14 bits per heavy atom. The van der Waals surface area contributed by atoms with E-state index in [0.717, 1.165) is 28.1 Å². The van der Waals surface area contributed by atoms with Crippen LogP contribution in [0.5, 0.6) is 11.5 Å². The third kappa shape index (κ3) is 3.79. The molecule has 6 nitrogen and oxygen atoms in total. The largest absolute Gasteiger partial charge is 0.486 e. The lowest BCUT2D eigenvalue weighted by Gasteiger charge is -2.22. The Morgan fingerprint density at radius 3 is 2.69 bits per heavy atom. The highest BCUT2D eigenvalue weighted by Crippen LogP contribution is 2.33. The van der Waals surface area contributed by atoms with Crippen molar-refractivity contribution in [1.82, 2.24) is 5.32 Å². The number of hydrogen-bond donors (Lipinski definition) is 1. The molecule has 4 rings (SSSR count). The van der Waals surface area contributed by atoms with Crippen LogP contribution in [0.3, 0.4) is 0 Å². The fraction of sp³-hybridized carbons (Fsp3) is 0.391. The van der Waals surface area contributed by atoms with E-state index in [1.165, 1.54) is 0 Å². The van der Waals surface area contributed by atoms with Gasteiger partial charge in [0.2, 0.25) is 11.8 Å². The molecular weight excluding hydrogens is 368 g/mol. The van der Waals surface area contributed by atoms with Gasteiger partial charge in [-0.25, -0.2) is 0 Å². The Labute approximate surface area is 170 Å². The zero-order chi connectivity index (χ0) is 20.5. The SMILES string of the molecule is Cc1cccc(N2CC(C(=O)NC(C)c3ccc4c(c3)OCCO4)CC2=O)c1C. The minimum atomic E-state index is -0.359. The summed E-state index contributed by atoms with van der Waals surface area (Å²) in [6.07, 6.45) is 0.229. The molecule has 0 radical (unpaired) electrons. The van der Waals surface area contributed by atoms with Gasteiger partial charge in [0.25, 0.3) is 0 Å². The molecule has 2 aliphatic heterocycles. The Bertz CT molecular complexity index is 956. The van der Waals surface area contributed by atoms with Crippen LogP contribution in [0.1, 0.15) is 36.1 Å². The Balaban J connectivity index is 1.44. The number of nitrogens with zero attached hydrogens (tertiary/aromatic N) is 1. The summed E-state index contributed by atoms with van der Waals surface area (Å²) in [6, 6.07) is 11.4. The van der Waals surface area contributed by atoms with Gasteiger partial charge >= 0.3 is 0 Å². The average molecular weight is 394 g/mol. The predicted octanol–water partition coefficient (Wildman–Crippen LogP) is 3.30. The first-order valence-electron chi connectivity index (χ1n) is 10.0. The number of nitrogens with one attached hydrogen (secondary N) is 1. The van der Waals surface area contributed by atoms with Crippen molar-refractivity contribution >= 4 is 17.5 Å². The second-order valence-electron chi connectivity index (χ2n) is 7.76. The topological polar surface area (TPSA) is 67.9 Å². The van der Waals surface area contributed by atoms with E-state index >= 15 is 0 Å². The van der Waals surface area contributed by atoms with Crippen molar-refractivity contribution in [2.45, 2.75) is 33.2 Å². The second-order valence-corrected chi connectivity index (χ2v) is 7.76. The Morgan fingerprint density at radius 2 is 1.90 bits per heavy atom. The average Bonchev–Trinajstić information content (AvgIpc) is 3.11. The third-order valence-corrected chi connectivity index (χ3v) is 5.79. The molecule has 0 aromatic heterocycles. The fourth-order valence-corrected chi connectivity index (χ4v) is 3.89. The maximum atomic E-state index is 12.8. The molecule has 2 amide bonds. The second kappa shape index (κ2) is 7.78. The van der Waals surface area contributed by atoms with Crippen molar-refractivity contribution in [2.24, 2.45) is 5.92 Å². The molecular formula is C23H26N2O4. The van der Waals surface area contributed by atoms with Gasteiger partial charge in [-0.05, 0) is 55.7 Å². The van der Waals surface area contributed by atoms with E-state index < -0.39 is 0 Å². The van der Waals surface area contributed by atoms with Crippen LogP contribution in [0.15, 0.2) is 36.4 Å². The van der Waals surface area contributed by atoms with Gasteiger partial charge in [0.1, 0.15) is 13.2 Å². The molecule has 2 aliphatic rings. The minimum Gasteiger partial charge on any atom is -0.486 e. The highest BCUT2D eigenvalue weighted by Gasteiger charge is 2.36. The number of anilines is 1. The monoisotopic (exact) mass is 394 g/mol. The van der Waals surface area contributed by atoms with Crippen LogP contribution in [-0.2, 0) is 9.59 Å². The van der Waals surface area contributed by atoms with E-state index in [0.29, 0.717) is 25.5 Å². The Hall–Kier alpha value is -3.02. The van der Waals surface area contributed by atoms with E-state index in [1.54, 1.807) is 4.90 Å². The van der Waals surface area contributed by atoms with Gasteiger partial charge < -0.3 is 19.7 Å². The minimum absolute atomic E-state index is 0.00849. The zero-order valence-corrected chi connectivity index (χ0v) is 17.0. The molecule has 6 heteroatoms. The number of amides is 2. The molecule has 2 heterocycles. The van der Waals surface area contributed by atoms with Crippen molar-refractivity contribution in [3.05, 3.63) is 53.1 Å². The first-order valence-corrected chi connectivity index (χ1v) is 10.0. The summed E-state index contributed by atoms with van der Waals surface area (Å²) in [5.74, 6) is 0.956. The van der Waals surface area contributed by atoms with E-state index in [1.807, 2.05) is 57.2 Å². The van der Waals surface area contributed by atoms with E-state index in [2.05, 4.69) is 5.32 Å². The summed E-state index contributed by atoms with van der Waals surface area (Å²) in [6.45, 7) is 7.44. The molecule has 29 heavy (non-hydrogen) atoms. The number of hydrogen-bond acceptors (Lipinski definition) is 4. The molecule has 2 aromatic carbocycles. The molecule has 1 saturated heterocycles. The lowest BCUT2D eigenvalue weighted by molar-refractivity contribution is -0.126. The normalized spacial score (nSPS) is 19.2. The number of aryl methyl sites for hydroxylation is 1. The third-order valence-electron chi connectivity index (χ3n) is 5.79. The smallest absolute Gasteiger partial charge is 0.227 e. The summed E-state index contributed by atoms with van der Waals surface area (Å²) in [5.41, 5.74) is 4.05. The number of ether oxygens (including phenoxy) is 2. The lowest BCUT2D eigenvalue weighted by atomic mass is 10.0. The van der Waals surface area contributed by atoms with Crippen LogP contribution in [0, 0.1) is 19.8 Å². The van der Waals surface area contributed by atoms with Crippen LogP contribution in [-0.4, -0.2) is 31.6 Å². The Kier molecular flexibility index (Phi) is 5.18. The highest BCUT2D eigenvalue weighted by molar-refractivity contribution is 6.01. The summed E-state index contributed by atoms with van der Waals surface area (Å²) >= 11 is 0. The first-order chi connectivity index (χ1) is 13.9. The number of carbonyl (C=O) groups is 2. The summed E-state index contributed by atoms with van der Waals surface area (Å²) in [5, 5.41) is 3.05. The molecule has 2 atom stereocenters. The number of rotatable bonds is 4. The van der Waals surface area contributed by atoms with E-state index in [-0.39, 0.29) is 30.2 Å². The molecule has 2 aromatic rings. The summed E-state index contributed by atoms with van der Waals surface area (Å²) in [4.78, 5) is 27.2. The van der Waals surface area contributed by atoms with E-state index in [4.69, 9.17) is 9.47 Å². The molecule has 0 aliphatic carbocycles. The molecule has 1 N–H and O–H groups in total. The van der Waals surface area contributed by atoms with Crippen molar-refractivity contribution in [3.63, 3.8) is 0 Å². The van der Waals surface area contributed by atoms with Crippen molar-refractivity contribution < 1.29 is 19.1 Å². The van der Waals surface area contributed by atoms with Gasteiger partial charge in [0.05, 0.1) is 12.0 Å². The van der Waals surface area contributed by atoms with Gasteiger partial charge in [0, 0.05) is 18.7 Å². The maximum Gasteiger partial charge on any atom is 0.227 e. The van der Waals surface area contributed by atoms with Crippen molar-refractivity contribution in [3.8, 4) is 11.5 Å². The van der Waals surface area contributed by atoms with Crippen LogP contribution >= 0.6 is 0 Å². The standard InChI is InChI=1S/C23H26N2O4/c1-14-5-4-6-19(15(14)2)25-13-18(12-22(25)26)23(27)24-16(3)17-7-8-20-21(11-17)29-10-9-28-20/h4-8,11,16,18H,9-10,12-13H2,1-3H3,(H,24,27). The molecule has 2 unspecified atom stereocenters. The quantitative estimate of drug-likeness (QED) is 0.864. The van der Waals surface area contributed by atoms with E-state index in [9.17, 15) is 9.59 Å². The molecule has 0 spiro atoms. The van der Waals surface area contributed by atoms with Gasteiger partial charge in [-0.2, -0.15) is 0 Å². The first kappa shape index (κ1) is 19.3. The fourth-order valence-electron chi connectivity index (χ4n) is 3.89. The van der Waals surface area contributed by atoms with Gasteiger partial charge in [-0.15, -0.1) is 0 Å². The van der Waals surface area contributed by atoms with Crippen molar-refractivity contribution in [1.29, 1.82) is 0 Å². The number of benzene rings is 2.